The summed E-state index contributed by atoms with van der Waals surface area (Å²) in [5.41, 5.74) is 0. The zero-order valence-corrected chi connectivity index (χ0v) is 9.84. The molecule has 2 amide bonds. The summed E-state index contributed by atoms with van der Waals surface area (Å²) in [5.74, 6) is -0.0632. The highest BCUT2D eigenvalue weighted by Gasteiger charge is 2.43. The van der Waals surface area contributed by atoms with Gasteiger partial charge in [0.1, 0.15) is 0 Å². The smallest absolute Gasteiger partial charge is 0.323 e. The molecule has 0 spiro atoms. The van der Waals surface area contributed by atoms with E-state index in [4.69, 9.17) is 0 Å². The fourth-order valence-electron chi connectivity index (χ4n) is 1.04. The number of nitrogens with zero attached hydrogens (tertiary/aromatic N) is 2. The number of nitrogens with one attached hydrogen (secondary N) is 1. The van der Waals surface area contributed by atoms with Gasteiger partial charge in [-0.2, -0.15) is 0 Å². The Morgan fingerprint density at radius 2 is 2.20 bits per heavy atom. The Bertz CT molecular complexity index is 327. The quantitative estimate of drug-likeness (QED) is 0.530. The summed E-state index contributed by atoms with van der Waals surface area (Å²) < 4.78 is -0.556. The van der Waals surface area contributed by atoms with Gasteiger partial charge in [0, 0.05) is 14.1 Å². The Labute approximate surface area is 92.0 Å². The van der Waals surface area contributed by atoms with Crippen molar-refractivity contribution in [2.45, 2.75) is 18.6 Å². The summed E-state index contributed by atoms with van der Waals surface area (Å²) in [7, 11) is 3.03. The second kappa shape index (κ2) is 4.09. The minimum atomic E-state index is -0.659. The highest BCUT2D eigenvalue weighted by Crippen LogP contribution is 2.35. The normalized spacial score (nSPS) is 22.0. The summed E-state index contributed by atoms with van der Waals surface area (Å²) in [6, 6.07) is 0. The molecule has 84 valence electrons. The standard InChI is InChI=1S/C8H13N3O3S/c1-8(2)5(12)11(4)6(15-8)10-14-7(13)9-3/h1-4H3,(H,9,13)/b10-6+. The number of hydrogen-bond donors (Lipinski definition) is 1. The summed E-state index contributed by atoms with van der Waals surface area (Å²) in [4.78, 5) is 28.3. The lowest BCUT2D eigenvalue weighted by Gasteiger charge is -2.11. The first-order chi connectivity index (χ1) is 6.88. The molecule has 0 saturated carbocycles. The molecule has 1 aliphatic rings. The summed E-state index contributed by atoms with van der Waals surface area (Å²) >= 11 is 1.26. The molecule has 1 heterocycles. The molecule has 0 radical (unpaired) electrons. The van der Waals surface area contributed by atoms with Gasteiger partial charge >= 0.3 is 6.09 Å². The van der Waals surface area contributed by atoms with Crippen LogP contribution in [0.4, 0.5) is 4.79 Å². The van der Waals surface area contributed by atoms with Gasteiger partial charge in [-0.3, -0.25) is 14.5 Å². The van der Waals surface area contributed by atoms with Crippen LogP contribution in [0.1, 0.15) is 13.8 Å². The van der Waals surface area contributed by atoms with E-state index in [9.17, 15) is 9.59 Å². The van der Waals surface area contributed by atoms with Crippen molar-refractivity contribution in [2.24, 2.45) is 5.16 Å². The summed E-state index contributed by atoms with van der Waals surface area (Å²) in [6.07, 6.45) is -0.659. The van der Waals surface area contributed by atoms with E-state index in [2.05, 4.69) is 15.3 Å². The van der Waals surface area contributed by atoms with Crippen LogP contribution in [-0.4, -0.2) is 40.9 Å². The fourth-order valence-corrected chi connectivity index (χ4v) is 2.01. The van der Waals surface area contributed by atoms with Crippen molar-refractivity contribution < 1.29 is 14.4 Å². The number of oxime groups is 1. The molecule has 0 aromatic heterocycles. The van der Waals surface area contributed by atoms with E-state index < -0.39 is 10.8 Å². The third-order valence-electron chi connectivity index (χ3n) is 1.86. The van der Waals surface area contributed by atoms with Gasteiger partial charge in [-0.1, -0.05) is 11.8 Å². The van der Waals surface area contributed by atoms with Crippen LogP contribution in [0.3, 0.4) is 0 Å². The topological polar surface area (TPSA) is 71.0 Å². The molecule has 1 saturated heterocycles. The lowest BCUT2D eigenvalue weighted by molar-refractivity contribution is -0.127. The lowest BCUT2D eigenvalue weighted by Crippen LogP contribution is -2.33. The van der Waals surface area contributed by atoms with Gasteiger partial charge in [-0.05, 0) is 19.0 Å². The molecule has 1 aliphatic heterocycles. The molecule has 0 atom stereocenters. The van der Waals surface area contributed by atoms with Gasteiger partial charge < -0.3 is 5.32 Å². The third kappa shape index (κ3) is 2.41. The summed E-state index contributed by atoms with van der Waals surface area (Å²) in [5, 5.41) is 6.23. The average Bonchev–Trinajstić information content (AvgIpc) is 2.38. The molecule has 15 heavy (non-hydrogen) atoms. The van der Waals surface area contributed by atoms with Gasteiger partial charge in [0.05, 0.1) is 4.75 Å². The maximum absolute atomic E-state index is 11.6. The maximum Gasteiger partial charge on any atom is 0.433 e. The highest BCUT2D eigenvalue weighted by atomic mass is 32.2. The highest BCUT2D eigenvalue weighted by molar-refractivity contribution is 8.16. The molecule has 7 heteroatoms. The number of carbonyl (C=O) groups excluding carboxylic acids is 2. The molecule has 0 bridgehead atoms. The van der Waals surface area contributed by atoms with E-state index in [0.717, 1.165) is 0 Å². The van der Waals surface area contributed by atoms with E-state index in [1.165, 1.54) is 23.7 Å². The minimum absolute atomic E-state index is 0.0632. The monoisotopic (exact) mass is 231 g/mol. The predicted octanol–water partition coefficient (Wildman–Crippen LogP) is 0.597. The SMILES string of the molecule is CNC(=O)O/N=C1/SC(C)(C)C(=O)N1C. The van der Waals surface area contributed by atoms with Crippen LogP contribution in [0.2, 0.25) is 0 Å². The average molecular weight is 231 g/mol. The van der Waals surface area contributed by atoms with Gasteiger partial charge in [-0.25, -0.2) is 4.79 Å². The number of rotatable bonds is 1. The lowest BCUT2D eigenvalue weighted by atomic mass is 10.2. The Kier molecular flexibility index (Phi) is 3.23. The fraction of sp³-hybridized carbons (Fsp3) is 0.625. The number of hydrogen-bond acceptors (Lipinski definition) is 5. The van der Waals surface area contributed by atoms with Crippen LogP contribution in [0.15, 0.2) is 5.16 Å². The molecule has 0 aromatic carbocycles. The second-order valence-electron chi connectivity index (χ2n) is 3.48. The van der Waals surface area contributed by atoms with E-state index in [1.54, 1.807) is 20.9 Å². The molecular weight excluding hydrogens is 218 g/mol. The number of amidine groups is 1. The molecule has 1 N–H and O–H groups in total. The van der Waals surface area contributed by atoms with Gasteiger partial charge in [-0.15, -0.1) is 0 Å². The third-order valence-corrected chi connectivity index (χ3v) is 3.08. The van der Waals surface area contributed by atoms with Crippen LogP contribution in [0.5, 0.6) is 0 Å². The molecular formula is C8H13N3O3S. The molecule has 0 aliphatic carbocycles. The van der Waals surface area contributed by atoms with Crippen molar-refractivity contribution in [3.63, 3.8) is 0 Å². The largest absolute Gasteiger partial charge is 0.433 e. The first-order valence-electron chi connectivity index (χ1n) is 4.32. The van der Waals surface area contributed by atoms with E-state index >= 15 is 0 Å². The van der Waals surface area contributed by atoms with Crippen molar-refractivity contribution in [1.82, 2.24) is 10.2 Å². The predicted molar refractivity (Wildman–Crippen MR) is 57.4 cm³/mol. The van der Waals surface area contributed by atoms with E-state index in [0.29, 0.717) is 5.17 Å². The van der Waals surface area contributed by atoms with Crippen LogP contribution in [0.25, 0.3) is 0 Å². The Morgan fingerprint density at radius 3 is 2.60 bits per heavy atom. The number of amides is 2. The number of thioether (sulfide) groups is 1. The van der Waals surface area contributed by atoms with E-state index in [1.807, 2.05) is 0 Å². The van der Waals surface area contributed by atoms with Gasteiger partial charge in [0.15, 0.2) is 0 Å². The van der Waals surface area contributed by atoms with Crippen LogP contribution >= 0.6 is 11.8 Å². The molecule has 6 nitrogen and oxygen atoms in total. The molecule has 1 fully saturated rings. The molecule has 0 aromatic rings. The van der Waals surface area contributed by atoms with Crippen molar-refractivity contribution in [3.8, 4) is 0 Å². The minimum Gasteiger partial charge on any atom is -0.323 e. The van der Waals surface area contributed by atoms with Gasteiger partial charge in [0.25, 0.3) is 0 Å². The van der Waals surface area contributed by atoms with Crippen molar-refractivity contribution >= 4 is 28.9 Å². The number of carbonyl (C=O) groups is 2. The first-order valence-corrected chi connectivity index (χ1v) is 5.14. The van der Waals surface area contributed by atoms with Crippen molar-refractivity contribution in [2.75, 3.05) is 14.1 Å². The summed E-state index contributed by atoms with van der Waals surface area (Å²) in [6.45, 7) is 3.58. The van der Waals surface area contributed by atoms with Crippen LogP contribution < -0.4 is 5.32 Å². The first kappa shape index (κ1) is 11.8. The second-order valence-corrected chi connectivity index (χ2v) is 5.07. The maximum atomic E-state index is 11.6. The van der Waals surface area contributed by atoms with Crippen LogP contribution in [-0.2, 0) is 9.63 Å². The molecule has 1 rings (SSSR count). The Balaban J connectivity index is 2.74. The molecule has 0 unspecified atom stereocenters. The van der Waals surface area contributed by atoms with Crippen molar-refractivity contribution in [1.29, 1.82) is 0 Å². The van der Waals surface area contributed by atoms with Crippen molar-refractivity contribution in [3.05, 3.63) is 0 Å². The zero-order chi connectivity index (χ0) is 11.6. The zero-order valence-electron chi connectivity index (χ0n) is 9.03. The Hall–Kier alpha value is -1.24. The van der Waals surface area contributed by atoms with Gasteiger partial charge in [0.2, 0.25) is 11.1 Å². The Morgan fingerprint density at radius 1 is 1.60 bits per heavy atom. The van der Waals surface area contributed by atoms with E-state index in [-0.39, 0.29) is 5.91 Å². The van der Waals surface area contributed by atoms with Crippen LogP contribution in [0, 0.1) is 0 Å².